The average molecular weight is 290 g/mol. The zero-order chi connectivity index (χ0) is 14.3. The number of hydrogen-bond donors (Lipinski definition) is 2. The van der Waals surface area contributed by atoms with Gasteiger partial charge in [-0.2, -0.15) is 0 Å². The van der Waals surface area contributed by atoms with Gasteiger partial charge in [-0.15, -0.1) is 0 Å². The summed E-state index contributed by atoms with van der Waals surface area (Å²) in [6.07, 6.45) is 4.11. The summed E-state index contributed by atoms with van der Waals surface area (Å²) >= 11 is 0. The van der Waals surface area contributed by atoms with Gasteiger partial charge < -0.3 is 15.0 Å². The Bertz CT molecular complexity index is 465. The number of unbranched alkanes of at least 4 members (excludes halogenated alkanes) is 1. The normalized spacial score (nSPS) is 11.9. The van der Waals surface area contributed by atoms with Crippen LogP contribution in [0.3, 0.4) is 0 Å². The summed E-state index contributed by atoms with van der Waals surface area (Å²) < 4.78 is 33.2. The van der Waals surface area contributed by atoms with E-state index in [2.05, 4.69) is 16.6 Å². The monoisotopic (exact) mass is 290 g/mol. The molecule has 1 aromatic heterocycles. The van der Waals surface area contributed by atoms with E-state index >= 15 is 0 Å². The molecule has 0 unspecified atom stereocenters. The van der Waals surface area contributed by atoms with Crippen LogP contribution in [-0.4, -0.2) is 37.7 Å². The molecule has 3 N–H and O–H groups in total. The van der Waals surface area contributed by atoms with Gasteiger partial charge in [-0.25, -0.2) is 18.1 Å². The summed E-state index contributed by atoms with van der Waals surface area (Å²) in [4.78, 5) is 3.76. The van der Waals surface area contributed by atoms with Crippen molar-refractivity contribution in [3.8, 4) is 0 Å². The maximum atomic E-state index is 12.0. The molecular weight excluding hydrogens is 268 g/mol. The van der Waals surface area contributed by atoms with E-state index in [0.717, 1.165) is 19.4 Å². The number of aryl methyl sites for hydroxylation is 1. The Labute approximate surface area is 114 Å². The summed E-state index contributed by atoms with van der Waals surface area (Å²) in [6.45, 7) is 3.68. The quantitative estimate of drug-likeness (QED) is 0.645. The number of sulfonamides is 1. The molecule has 1 aromatic rings. The minimum atomic E-state index is -3.61. The molecule has 19 heavy (non-hydrogen) atoms. The van der Waals surface area contributed by atoms with Crippen LogP contribution in [-0.2, 0) is 21.8 Å². The Morgan fingerprint density at radius 3 is 2.68 bits per heavy atom. The van der Waals surface area contributed by atoms with Gasteiger partial charge in [-0.05, 0) is 12.8 Å². The van der Waals surface area contributed by atoms with Gasteiger partial charge in [-0.3, -0.25) is 0 Å². The molecule has 0 aliphatic carbocycles. The number of imidazole rings is 1. The summed E-state index contributed by atoms with van der Waals surface area (Å²) in [5.41, 5.74) is 5.54. The van der Waals surface area contributed by atoms with Gasteiger partial charge in [0.05, 0.1) is 6.33 Å². The lowest BCUT2D eigenvalue weighted by molar-refractivity contribution is 0.130. The molecule has 7 nitrogen and oxygen atoms in total. The third-order valence-electron chi connectivity index (χ3n) is 2.56. The number of nitrogens with one attached hydrogen (secondary N) is 1. The molecule has 110 valence electrons. The van der Waals surface area contributed by atoms with E-state index < -0.39 is 10.0 Å². The van der Waals surface area contributed by atoms with Gasteiger partial charge in [0.15, 0.2) is 10.8 Å². The second kappa shape index (κ2) is 7.46. The Balaban J connectivity index is 2.36. The van der Waals surface area contributed by atoms with Crippen molar-refractivity contribution in [3.63, 3.8) is 0 Å². The van der Waals surface area contributed by atoms with Crippen molar-refractivity contribution in [2.45, 2.75) is 31.2 Å². The molecule has 0 amide bonds. The van der Waals surface area contributed by atoms with Crippen LogP contribution in [0.2, 0.25) is 0 Å². The highest BCUT2D eigenvalue weighted by Crippen LogP contribution is 2.14. The van der Waals surface area contributed by atoms with Crippen LogP contribution in [0.25, 0.3) is 0 Å². The first-order valence-electron chi connectivity index (χ1n) is 6.33. The van der Waals surface area contributed by atoms with Crippen molar-refractivity contribution in [1.29, 1.82) is 0 Å². The maximum absolute atomic E-state index is 12.0. The summed E-state index contributed by atoms with van der Waals surface area (Å²) in [7, 11) is -2.02. The number of hydrogen-bond acceptors (Lipinski definition) is 5. The topological polar surface area (TPSA) is 99.2 Å². The highest BCUT2D eigenvalue weighted by atomic mass is 32.2. The predicted molar refractivity (Wildman–Crippen MR) is 73.2 cm³/mol. The number of nitrogens with zero attached hydrogens (tertiary/aromatic N) is 2. The molecule has 0 aliphatic rings. The van der Waals surface area contributed by atoms with Crippen molar-refractivity contribution >= 4 is 15.8 Å². The molecule has 0 bridgehead atoms. The number of aromatic nitrogens is 2. The molecule has 0 saturated heterocycles. The van der Waals surface area contributed by atoms with Crippen LogP contribution in [0.5, 0.6) is 0 Å². The van der Waals surface area contributed by atoms with Gasteiger partial charge in [0.1, 0.15) is 0 Å². The molecule has 0 aliphatic heterocycles. The second-order valence-corrected chi connectivity index (χ2v) is 5.95. The molecule has 1 heterocycles. The molecule has 8 heteroatoms. The van der Waals surface area contributed by atoms with Crippen LogP contribution in [0.4, 0.5) is 5.82 Å². The summed E-state index contributed by atoms with van der Waals surface area (Å²) in [6, 6.07) is 0. The smallest absolute Gasteiger partial charge is 0.260 e. The standard InChI is InChI=1S/C11H22N4O3S/c1-3-4-7-18-8-5-6-14-19(16,17)11-10(12)13-9-15(11)2/h9,14H,3-8,12H2,1-2H3. The van der Waals surface area contributed by atoms with Crippen molar-refractivity contribution in [1.82, 2.24) is 14.3 Å². The Hall–Kier alpha value is -1.12. The zero-order valence-electron chi connectivity index (χ0n) is 11.4. The Morgan fingerprint density at radius 2 is 2.11 bits per heavy atom. The number of nitrogens with two attached hydrogens (primary N) is 1. The van der Waals surface area contributed by atoms with Gasteiger partial charge in [-0.1, -0.05) is 13.3 Å². The van der Waals surface area contributed by atoms with Crippen molar-refractivity contribution in [2.24, 2.45) is 7.05 Å². The van der Waals surface area contributed by atoms with E-state index in [1.54, 1.807) is 7.05 Å². The second-order valence-electron chi connectivity index (χ2n) is 4.26. The number of rotatable bonds is 9. The van der Waals surface area contributed by atoms with E-state index in [4.69, 9.17) is 10.5 Å². The molecule has 0 saturated carbocycles. The van der Waals surface area contributed by atoms with E-state index in [1.165, 1.54) is 10.9 Å². The first kappa shape index (κ1) is 15.9. The minimum Gasteiger partial charge on any atom is -0.381 e. The minimum absolute atomic E-state index is 0.000554. The fourth-order valence-electron chi connectivity index (χ4n) is 1.56. The number of anilines is 1. The molecule has 0 spiro atoms. The van der Waals surface area contributed by atoms with Gasteiger partial charge in [0.25, 0.3) is 10.0 Å². The highest BCUT2D eigenvalue weighted by molar-refractivity contribution is 7.89. The third kappa shape index (κ3) is 4.81. The molecule has 1 rings (SSSR count). The first-order valence-corrected chi connectivity index (χ1v) is 7.81. The van der Waals surface area contributed by atoms with Crippen LogP contribution in [0.15, 0.2) is 11.4 Å². The van der Waals surface area contributed by atoms with Gasteiger partial charge >= 0.3 is 0 Å². The van der Waals surface area contributed by atoms with Gasteiger partial charge in [0.2, 0.25) is 0 Å². The van der Waals surface area contributed by atoms with Crippen molar-refractivity contribution in [3.05, 3.63) is 6.33 Å². The van der Waals surface area contributed by atoms with Crippen molar-refractivity contribution < 1.29 is 13.2 Å². The van der Waals surface area contributed by atoms with Crippen LogP contribution < -0.4 is 10.5 Å². The zero-order valence-corrected chi connectivity index (χ0v) is 12.2. The number of ether oxygens (including phenoxy) is 1. The Morgan fingerprint density at radius 1 is 1.42 bits per heavy atom. The van der Waals surface area contributed by atoms with Crippen LogP contribution >= 0.6 is 0 Å². The van der Waals surface area contributed by atoms with E-state index in [1.807, 2.05) is 0 Å². The largest absolute Gasteiger partial charge is 0.381 e. The molecule has 0 aromatic carbocycles. The Kier molecular flexibility index (Phi) is 6.26. The maximum Gasteiger partial charge on any atom is 0.260 e. The van der Waals surface area contributed by atoms with Crippen molar-refractivity contribution in [2.75, 3.05) is 25.5 Å². The molecule has 0 fully saturated rings. The predicted octanol–water partition coefficient (Wildman–Crippen LogP) is 0.487. The first-order chi connectivity index (χ1) is 8.99. The van der Waals surface area contributed by atoms with Crippen LogP contribution in [0, 0.1) is 0 Å². The lowest BCUT2D eigenvalue weighted by atomic mass is 10.4. The fourth-order valence-corrected chi connectivity index (χ4v) is 2.87. The molecule has 0 atom stereocenters. The lowest BCUT2D eigenvalue weighted by Gasteiger charge is -2.08. The van der Waals surface area contributed by atoms with E-state index in [9.17, 15) is 8.42 Å². The molecule has 0 radical (unpaired) electrons. The highest BCUT2D eigenvalue weighted by Gasteiger charge is 2.21. The third-order valence-corrected chi connectivity index (χ3v) is 4.15. The fraction of sp³-hybridized carbons (Fsp3) is 0.727. The van der Waals surface area contributed by atoms with E-state index in [-0.39, 0.29) is 10.8 Å². The SMILES string of the molecule is CCCCOCCCNS(=O)(=O)c1c(N)ncn1C. The van der Waals surface area contributed by atoms with E-state index in [0.29, 0.717) is 19.6 Å². The number of nitrogen functional groups attached to an aromatic ring is 1. The summed E-state index contributed by atoms with van der Waals surface area (Å²) in [5, 5.41) is -0.000554. The lowest BCUT2D eigenvalue weighted by Crippen LogP contribution is -2.28. The average Bonchev–Trinajstić information content (AvgIpc) is 2.68. The summed E-state index contributed by atoms with van der Waals surface area (Å²) in [5.74, 6) is 0.00851. The van der Waals surface area contributed by atoms with Gasteiger partial charge in [0, 0.05) is 26.8 Å². The van der Waals surface area contributed by atoms with Crippen LogP contribution in [0.1, 0.15) is 26.2 Å². The molecular formula is C11H22N4O3S.